The summed E-state index contributed by atoms with van der Waals surface area (Å²) in [6.45, 7) is 6.82. The highest BCUT2D eigenvalue weighted by atomic mass is 35.5. The van der Waals surface area contributed by atoms with Crippen LogP contribution in [0.25, 0.3) is 11.1 Å². The van der Waals surface area contributed by atoms with E-state index in [1.807, 2.05) is 19.1 Å². The summed E-state index contributed by atoms with van der Waals surface area (Å²) in [4.78, 5) is 15.0. The fourth-order valence-corrected chi connectivity index (χ4v) is 3.67. The number of amides is 1. The minimum absolute atomic E-state index is 0.0842. The molecule has 138 valence electrons. The van der Waals surface area contributed by atoms with Gasteiger partial charge in [0, 0.05) is 23.7 Å². The molecule has 0 radical (unpaired) electrons. The molecule has 0 aliphatic carbocycles. The summed E-state index contributed by atoms with van der Waals surface area (Å²) in [7, 11) is 0. The van der Waals surface area contributed by atoms with Crippen molar-refractivity contribution in [2.24, 2.45) is 0 Å². The average molecular weight is 375 g/mol. The molecule has 1 aliphatic heterocycles. The molecule has 0 unspecified atom stereocenters. The van der Waals surface area contributed by atoms with Crippen molar-refractivity contribution in [2.45, 2.75) is 32.7 Å². The molecular formula is C21H24ClFN2O. The molecule has 1 saturated heterocycles. The van der Waals surface area contributed by atoms with Crippen LogP contribution in [0.5, 0.6) is 0 Å². The lowest BCUT2D eigenvalue weighted by Gasteiger charge is -2.21. The molecular weight excluding hydrogens is 351 g/mol. The van der Waals surface area contributed by atoms with Crippen LogP contribution in [-0.2, 0) is 0 Å². The van der Waals surface area contributed by atoms with Crippen molar-refractivity contribution >= 4 is 17.5 Å². The molecule has 1 fully saturated rings. The maximum absolute atomic E-state index is 13.6. The van der Waals surface area contributed by atoms with Crippen LogP contribution in [0.4, 0.5) is 4.39 Å². The van der Waals surface area contributed by atoms with Crippen LogP contribution in [0.1, 0.15) is 35.7 Å². The highest BCUT2D eigenvalue weighted by Crippen LogP contribution is 2.30. The Morgan fingerprint density at radius 1 is 1.27 bits per heavy atom. The van der Waals surface area contributed by atoms with Crippen LogP contribution >= 0.6 is 11.6 Å². The number of aryl methyl sites for hydroxylation is 1. The van der Waals surface area contributed by atoms with Crippen LogP contribution < -0.4 is 5.32 Å². The molecule has 0 aromatic heterocycles. The van der Waals surface area contributed by atoms with Crippen LogP contribution in [0, 0.1) is 12.7 Å². The Kier molecular flexibility index (Phi) is 5.94. The van der Waals surface area contributed by atoms with Gasteiger partial charge in [-0.3, -0.25) is 4.79 Å². The number of likely N-dealkylation sites (tertiary alicyclic amines) is 1. The summed E-state index contributed by atoms with van der Waals surface area (Å²) < 4.78 is 13.6. The number of carbonyl (C=O) groups is 1. The Morgan fingerprint density at radius 3 is 2.73 bits per heavy atom. The Labute approximate surface area is 159 Å². The minimum Gasteiger partial charge on any atom is -0.348 e. The van der Waals surface area contributed by atoms with E-state index < -0.39 is 0 Å². The van der Waals surface area contributed by atoms with Gasteiger partial charge in [0.2, 0.25) is 0 Å². The predicted octanol–water partition coefficient (Wildman–Crippen LogP) is 4.67. The number of hydrogen-bond acceptors (Lipinski definition) is 2. The Hall–Kier alpha value is -1.91. The van der Waals surface area contributed by atoms with E-state index in [0.29, 0.717) is 16.1 Å². The third kappa shape index (κ3) is 4.43. The first-order valence-corrected chi connectivity index (χ1v) is 9.41. The summed E-state index contributed by atoms with van der Waals surface area (Å²) in [6.07, 6.45) is 2.47. The van der Waals surface area contributed by atoms with Crippen molar-refractivity contribution in [2.75, 3.05) is 19.6 Å². The fourth-order valence-electron chi connectivity index (χ4n) is 3.41. The normalized spacial score (nSPS) is 15.8. The van der Waals surface area contributed by atoms with Crippen molar-refractivity contribution < 1.29 is 9.18 Å². The second kappa shape index (κ2) is 8.19. The zero-order valence-corrected chi connectivity index (χ0v) is 15.9. The van der Waals surface area contributed by atoms with E-state index >= 15 is 0 Å². The molecule has 26 heavy (non-hydrogen) atoms. The summed E-state index contributed by atoms with van der Waals surface area (Å²) in [5, 5.41) is 3.40. The van der Waals surface area contributed by atoms with Gasteiger partial charge in [-0.1, -0.05) is 23.7 Å². The lowest BCUT2D eigenvalue weighted by molar-refractivity contribution is 0.0932. The highest BCUT2D eigenvalue weighted by molar-refractivity contribution is 6.33. The molecule has 2 aromatic carbocycles. The van der Waals surface area contributed by atoms with Crippen molar-refractivity contribution in [3.63, 3.8) is 0 Å². The van der Waals surface area contributed by atoms with Crippen molar-refractivity contribution in [1.29, 1.82) is 0 Å². The number of hydrogen-bond donors (Lipinski definition) is 1. The molecule has 3 nitrogen and oxygen atoms in total. The molecule has 1 aliphatic rings. The van der Waals surface area contributed by atoms with Gasteiger partial charge >= 0.3 is 0 Å². The van der Waals surface area contributed by atoms with Gasteiger partial charge in [-0.2, -0.15) is 0 Å². The fraction of sp³-hybridized carbons (Fsp3) is 0.381. The molecule has 1 amide bonds. The van der Waals surface area contributed by atoms with Gasteiger partial charge in [0.25, 0.3) is 5.91 Å². The van der Waals surface area contributed by atoms with Crippen LogP contribution in [-0.4, -0.2) is 36.5 Å². The van der Waals surface area contributed by atoms with Gasteiger partial charge in [-0.25, -0.2) is 4.39 Å². The number of carbonyl (C=O) groups excluding carboxylic acids is 1. The van der Waals surface area contributed by atoms with Gasteiger partial charge in [0.1, 0.15) is 5.82 Å². The first-order chi connectivity index (χ1) is 12.4. The molecule has 0 saturated carbocycles. The van der Waals surface area contributed by atoms with E-state index in [2.05, 4.69) is 10.2 Å². The first-order valence-electron chi connectivity index (χ1n) is 9.03. The summed E-state index contributed by atoms with van der Waals surface area (Å²) in [5.41, 5.74) is 2.63. The molecule has 5 heteroatoms. The van der Waals surface area contributed by atoms with Crippen molar-refractivity contribution in [3.05, 3.63) is 58.4 Å². The van der Waals surface area contributed by atoms with E-state index in [4.69, 9.17) is 11.6 Å². The van der Waals surface area contributed by atoms with Gasteiger partial charge in [-0.15, -0.1) is 0 Å². The third-order valence-electron chi connectivity index (χ3n) is 4.79. The molecule has 2 aromatic rings. The zero-order valence-electron chi connectivity index (χ0n) is 15.2. The van der Waals surface area contributed by atoms with Crippen molar-refractivity contribution in [3.8, 4) is 11.1 Å². The summed E-state index contributed by atoms with van der Waals surface area (Å²) in [5.74, 6) is -0.433. The third-order valence-corrected chi connectivity index (χ3v) is 5.11. The summed E-state index contributed by atoms with van der Waals surface area (Å²) >= 11 is 6.20. The van der Waals surface area contributed by atoms with E-state index in [1.165, 1.54) is 18.9 Å². The number of nitrogens with one attached hydrogen (secondary N) is 1. The molecule has 3 rings (SSSR count). The SMILES string of the molecule is Cc1cc(-c2cccc(C(=O)N[C@@H](C)CN3CCCC3)c2)c(Cl)cc1F. The molecule has 0 spiro atoms. The zero-order chi connectivity index (χ0) is 18.7. The molecule has 1 atom stereocenters. The Bertz CT molecular complexity index is 803. The van der Waals surface area contributed by atoms with Crippen LogP contribution in [0.15, 0.2) is 36.4 Å². The monoisotopic (exact) mass is 374 g/mol. The van der Waals surface area contributed by atoms with Gasteiger partial charge < -0.3 is 10.2 Å². The number of rotatable bonds is 5. The standard InChI is InChI=1S/C21H24ClFN2O/c1-14-10-18(19(22)12-20(14)23)16-6-5-7-17(11-16)21(26)24-15(2)13-25-8-3-4-9-25/h5-7,10-12,15H,3-4,8-9,13H2,1-2H3,(H,24,26)/t15-/m0/s1. The maximum atomic E-state index is 13.6. The number of benzene rings is 2. The first kappa shape index (κ1) is 18.9. The second-order valence-electron chi connectivity index (χ2n) is 7.04. The van der Waals surface area contributed by atoms with Crippen molar-refractivity contribution in [1.82, 2.24) is 10.2 Å². The predicted molar refractivity (Wildman–Crippen MR) is 104 cm³/mol. The average Bonchev–Trinajstić information content (AvgIpc) is 3.11. The van der Waals surface area contributed by atoms with E-state index in [9.17, 15) is 9.18 Å². The number of nitrogens with zero attached hydrogens (tertiary/aromatic N) is 1. The maximum Gasteiger partial charge on any atom is 0.251 e. The van der Waals surface area contributed by atoms with Gasteiger partial charge in [0.15, 0.2) is 0 Å². The molecule has 0 bridgehead atoms. The van der Waals surface area contributed by atoms with E-state index in [0.717, 1.165) is 30.8 Å². The topological polar surface area (TPSA) is 32.3 Å². The van der Waals surface area contributed by atoms with Gasteiger partial charge in [-0.05, 0) is 75.2 Å². The smallest absolute Gasteiger partial charge is 0.251 e. The number of halogens is 2. The van der Waals surface area contributed by atoms with Crippen LogP contribution in [0.3, 0.4) is 0 Å². The van der Waals surface area contributed by atoms with E-state index in [1.54, 1.807) is 25.1 Å². The van der Waals surface area contributed by atoms with Crippen LogP contribution in [0.2, 0.25) is 5.02 Å². The highest BCUT2D eigenvalue weighted by Gasteiger charge is 2.17. The summed E-state index contributed by atoms with van der Waals surface area (Å²) in [6, 6.07) is 10.4. The quantitative estimate of drug-likeness (QED) is 0.824. The lowest BCUT2D eigenvalue weighted by atomic mass is 10.0. The molecule has 1 N–H and O–H groups in total. The second-order valence-corrected chi connectivity index (χ2v) is 7.45. The Balaban J connectivity index is 1.74. The molecule has 1 heterocycles. The van der Waals surface area contributed by atoms with E-state index in [-0.39, 0.29) is 17.8 Å². The Morgan fingerprint density at radius 2 is 2.00 bits per heavy atom. The lowest BCUT2D eigenvalue weighted by Crippen LogP contribution is -2.41. The van der Waals surface area contributed by atoms with Gasteiger partial charge in [0.05, 0.1) is 5.02 Å². The minimum atomic E-state index is -0.330. The largest absolute Gasteiger partial charge is 0.348 e.